The van der Waals surface area contributed by atoms with E-state index in [0.29, 0.717) is 6.42 Å². The summed E-state index contributed by atoms with van der Waals surface area (Å²) in [5, 5.41) is 22.2. The number of hydrogen-bond acceptors (Lipinski definition) is 4. The molecule has 1 heterocycles. The van der Waals surface area contributed by atoms with Crippen LogP contribution < -0.4 is 5.32 Å². The predicted octanol–water partition coefficient (Wildman–Crippen LogP) is 0.824. The van der Waals surface area contributed by atoms with Crippen LogP contribution in [-0.4, -0.2) is 32.6 Å². The van der Waals surface area contributed by atoms with Gasteiger partial charge < -0.3 is 15.0 Å². The van der Waals surface area contributed by atoms with E-state index in [2.05, 4.69) is 5.32 Å². The van der Waals surface area contributed by atoms with Gasteiger partial charge in [0.25, 0.3) is 11.6 Å². The number of carbonyl (C=O) groups is 1. The number of aliphatic hydroxyl groups excluding tert-OH is 1. The van der Waals surface area contributed by atoms with Crippen LogP contribution in [0.15, 0.2) is 12.3 Å². The van der Waals surface area contributed by atoms with Crippen molar-refractivity contribution >= 4 is 11.6 Å². The first-order valence-electron chi connectivity index (χ1n) is 5.51. The lowest BCUT2D eigenvalue weighted by Gasteiger charge is -2.25. The van der Waals surface area contributed by atoms with Gasteiger partial charge in [-0.2, -0.15) is 0 Å². The molecule has 100 valence electrons. The highest BCUT2D eigenvalue weighted by atomic mass is 16.6. The molecule has 1 aromatic rings. The van der Waals surface area contributed by atoms with Crippen LogP contribution in [0, 0.1) is 10.1 Å². The molecule has 0 fully saturated rings. The first-order valence-corrected chi connectivity index (χ1v) is 5.51. The van der Waals surface area contributed by atoms with Gasteiger partial charge in [-0.1, -0.05) is 0 Å². The number of amides is 1. The molecule has 0 bridgehead atoms. The molecule has 0 saturated heterocycles. The molecular weight excluding hydrogens is 238 g/mol. The second kappa shape index (κ2) is 5.18. The van der Waals surface area contributed by atoms with E-state index < -0.39 is 16.4 Å². The zero-order valence-corrected chi connectivity index (χ0v) is 10.6. The lowest BCUT2D eigenvalue weighted by Crippen LogP contribution is -2.44. The van der Waals surface area contributed by atoms with Crippen molar-refractivity contribution in [3.05, 3.63) is 28.1 Å². The van der Waals surface area contributed by atoms with Crippen LogP contribution in [0.25, 0.3) is 0 Å². The smallest absolute Gasteiger partial charge is 0.287 e. The number of nitrogens with one attached hydrogen (secondary N) is 1. The lowest BCUT2D eigenvalue weighted by molar-refractivity contribution is -0.384. The number of carbonyl (C=O) groups excluding carboxylic acids is 1. The van der Waals surface area contributed by atoms with Crippen LogP contribution in [0.2, 0.25) is 0 Å². The maximum atomic E-state index is 12.0. The van der Waals surface area contributed by atoms with E-state index in [1.807, 2.05) is 0 Å². The van der Waals surface area contributed by atoms with E-state index in [-0.39, 0.29) is 18.0 Å². The van der Waals surface area contributed by atoms with Gasteiger partial charge in [-0.05, 0) is 20.3 Å². The first kappa shape index (κ1) is 14.2. The summed E-state index contributed by atoms with van der Waals surface area (Å²) in [6, 6.07) is 1.23. The highest BCUT2D eigenvalue weighted by Gasteiger charge is 2.24. The summed E-state index contributed by atoms with van der Waals surface area (Å²) in [5.41, 5.74) is -0.472. The van der Waals surface area contributed by atoms with Gasteiger partial charge >= 0.3 is 0 Å². The fourth-order valence-corrected chi connectivity index (χ4v) is 1.59. The number of nitrogens with zero attached hydrogens (tertiary/aromatic N) is 2. The molecule has 0 aromatic carbocycles. The van der Waals surface area contributed by atoms with Crippen LogP contribution in [0.3, 0.4) is 0 Å². The zero-order valence-electron chi connectivity index (χ0n) is 10.6. The van der Waals surface area contributed by atoms with Crippen molar-refractivity contribution in [2.75, 3.05) is 6.61 Å². The Kier molecular flexibility index (Phi) is 4.07. The van der Waals surface area contributed by atoms with Crippen molar-refractivity contribution in [2.45, 2.75) is 25.8 Å². The summed E-state index contributed by atoms with van der Waals surface area (Å²) in [5.74, 6) is -0.399. The maximum absolute atomic E-state index is 12.0. The van der Waals surface area contributed by atoms with Crippen molar-refractivity contribution in [2.24, 2.45) is 7.05 Å². The molecule has 0 unspecified atom stereocenters. The van der Waals surface area contributed by atoms with Crippen molar-refractivity contribution in [1.29, 1.82) is 0 Å². The summed E-state index contributed by atoms with van der Waals surface area (Å²) in [7, 11) is 1.57. The first-order chi connectivity index (χ1) is 8.26. The second-order valence-electron chi connectivity index (χ2n) is 4.76. The van der Waals surface area contributed by atoms with Gasteiger partial charge in [0.2, 0.25) is 0 Å². The average Bonchev–Trinajstić information content (AvgIpc) is 2.59. The number of hydrogen-bond donors (Lipinski definition) is 2. The van der Waals surface area contributed by atoms with E-state index in [4.69, 9.17) is 5.11 Å². The van der Waals surface area contributed by atoms with E-state index in [0.717, 1.165) is 0 Å². The maximum Gasteiger partial charge on any atom is 0.287 e. The average molecular weight is 255 g/mol. The summed E-state index contributed by atoms with van der Waals surface area (Å²) >= 11 is 0. The molecule has 7 nitrogen and oxygen atoms in total. The summed E-state index contributed by atoms with van der Waals surface area (Å²) < 4.78 is 1.41. The molecule has 1 rings (SSSR count). The summed E-state index contributed by atoms with van der Waals surface area (Å²) in [6.07, 6.45) is 1.69. The predicted molar refractivity (Wildman–Crippen MR) is 65.3 cm³/mol. The van der Waals surface area contributed by atoms with Crippen LogP contribution in [0.1, 0.15) is 30.8 Å². The van der Waals surface area contributed by atoms with Crippen molar-refractivity contribution < 1.29 is 14.8 Å². The number of nitro groups is 1. The fourth-order valence-electron chi connectivity index (χ4n) is 1.59. The minimum Gasteiger partial charge on any atom is -0.396 e. The van der Waals surface area contributed by atoms with E-state index in [1.165, 1.54) is 16.8 Å². The molecule has 0 atom stereocenters. The van der Waals surface area contributed by atoms with Crippen molar-refractivity contribution in [3.8, 4) is 0 Å². The molecule has 0 spiro atoms. The molecule has 1 aromatic heterocycles. The van der Waals surface area contributed by atoms with Gasteiger partial charge in [-0.15, -0.1) is 0 Å². The van der Waals surface area contributed by atoms with Crippen LogP contribution in [-0.2, 0) is 7.05 Å². The quantitative estimate of drug-likeness (QED) is 0.601. The molecular formula is C11H17N3O4. The third-order valence-corrected chi connectivity index (χ3v) is 2.62. The van der Waals surface area contributed by atoms with Crippen LogP contribution in [0.5, 0.6) is 0 Å². The number of aliphatic hydroxyl groups is 1. The number of rotatable bonds is 5. The van der Waals surface area contributed by atoms with Crippen LogP contribution >= 0.6 is 0 Å². The van der Waals surface area contributed by atoms with E-state index in [1.54, 1.807) is 20.9 Å². The highest BCUT2D eigenvalue weighted by Crippen LogP contribution is 2.16. The van der Waals surface area contributed by atoms with Gasteiger partial charge in [0.15, 0.2) is 0 Å². The third kappa shape index (κ3) is 3.30. The van der Waals surface area contributed by atoms with Crippen LogP contribution in [0.4, 0.5) is 5.69 Å². The summed E-state index contributed by atoms with van der Waals surface area (Å²) in [6.45, 7) is 3.51. The molecule has 0 radical (unpaired) electrons. The Hall–Kier alpha value is -1.89. The minimum atomic E-state index is -0.565. The van der Waals surface area contributed by atoms with Gasteiger partial charge in [-0.25, -0.2) is 0 Å². The van der Waals surface area contributed by atoms with Crippen molar-refractivity contribution in [1.82, 2.24) is 9.88 Å². The second-order valence-corrected chi connectivity index (χ2v) is 4.76. The Labute approximate surface area is 105 Å². The molecule has 0 aliphatic carbocycles. The molecule has 0 aliphatic rings. The van der Waals surface area contributed by atoms with Crippen molar-refractivity contribution in [3.63, 3.8) is 0 Å². The van der Waals surface area contributed by atoms with Gasteiger partial charge in [0, 0.05) is 25.3 Å². The highest BCUT2D eigenvalue weighted by molar-refractivity contribution is 5.94. The molecule has 1 amide bonds. The summed E-state index contributed by atoms with van der Waals surface area (Å²) in [4.78, 5) is 22.0. The Morgan fingerprint density at radius 1 is 1.61 bits per heavy atom. The Morgan fingerprint density at radius 2 is 2.22 bits per heavy atom. The topological polar surface area (TPSA) is 97.4 Å². The molecule has 18 heavy (non-hydrogen) atoms. The molecule has 7 heteroatoms. The minimum absolute atomic E-state index is 0.0411. The number of aromatic nitrogens is 1. The van der Waals surface area contributed by atoms with E-state index >= 15 is 0 Å². The van der Waals surface area contributed by atoms with Gasteiger partial charge in [0.1, 0.15) is 5.69 Å². The zero-order chi connectivity index (χ0) is 13.9. The number of aryl methyl sites for hydroxylation is 1. The normalized spacial score (nSPS) is 11.3. The molecule has 0 aliphatic heterocycles. The van der Waals surface area contributed by atoms with Gasteiger partial charge in [0.05, 0.1) is 11.1 Å². The van der Waals surface area contributed by atoms with Gasteiger partial charge in [-0.3, -0.25) is 14.9 Å². The molecule has 0 saturated carbocycles. The SMILES string of the molecule is Cn1cc([N+](=O)[O-])cc1C(=O)NC(C)(C)CCO. The largest absolute Gasteiger partial charge is 0.396 e. The lowest BCUT2D eigenvalue weighted by atomic mass is 10.0. The fraction of sp³-hybridized carbons (Fsp3) is 0.545. The third-order valence-electron chi connectivity index (χ3n) is 2.62. The monoisotopic (exact) mass is 255 g/mol. The Morgan fingerprint density at radius 3 is 2.67 bits per heavy atom. The molecule has 2 N–H and O–H groups in total. The Balaban J connectivity index is 2.88. The Bertz CT molecular complexity index is 465. The van der Waals surface area contributed by atoms with E-state index in [9.17, 15) is 14.9 Å². The standard InChI is InChI=1S/C11H17N3O4/c1-11(2,4-5-15)12-10(16)9-6-8(14(17)18)7-13(9)3/h6-7,15H,4-5H2,1-3H3,(H,12,16).